The first-order chi connectivity index (χ1) is 36.2. The van der Waals surface area contributed by atoms with Crippen molar-refractivity contribution in [1.82, 2.24) is 0 Å². The molecule has 5 heterocycles. The molecule has 77 heavy (non-hydrogen) atoms. The first-order valence-corrected chi connectivity index (χ1v) is 28.0. The fourth-order valence-corrected chi connectivity index (χ4v) is 17.3. The number of hydrogen-bond acceptors (Lipinski definition) is 23. The first kappa shape index (κ1) is 59.0. The quantitative estimate of drug-likeness (QED) is 0.0705. The molecule has 9 fully saturated rings. The molecule has 1 spiro atoms. The van der Waals surface area contributed by atoms with Crippen LogP contribution in [-0.4, -0.2) is 245 Å². The molecule has 0 aromatic carbocycles. The van der Waals surface area contributed by atoms with Crippen LogP contribution in [0.2, 0.25) is 0 Å². The number of aliphatic hydroxyl groups excluding tert-OH is 14. The third-order valence-corrected chi connectivity index (χ3v) is 22.2. The van der Waals surface area contributed by atoms with Gasteiger partial charge in [-0.15, -0.1) is 0 Å². The van der Waals surface area contributed by atoms with Gasteiger partial charge in [-0.2, -0.15) is 0 Å². The maximum atomic E-state index is 11.8. The lowest BCUT2D eigenvalue weighted by Gasteiger charge is -2.73. The van der Waals surface area contributed by atoms with E-state index in [0.717, 1.165) is 19.3 Å². The van der Waals surface area contributed by atoms with Gasteiger partial charge in [-0.3, -0.25) is 0 Å². The van der Waals surface area contributed by atoms with Crippen molar-refractivity contribution in [3.63, 3.8) is 0 Å². The van der Waals surface area contributed by atoms with E-state index in [1.165, 1.54) is 6.92 Å². The maximum Gasteiger partial charge on any atom is 0.187 e. The monoisotopic (exact) mass is 1100 g/mol. The molecule has 5 aliphatic heterocycles. The van der Waals surface area contributed by atoms with Crippen molar-refractivity contribution in [2.75, 3.05) is 33.0 Å². The Labute approximate surface area is 448 Å². The van der Waals surface area contributed by atoms with Gasteiger partial charge in [0, 0.05) is 22.2 Å². The SMILES string of the molecule is C[C@H]1O[C@@H](O[C@H]2CC[C@@]3(C)[C@@H](CC[C@]4(C)[C@@H]3C=CC35OC[C@@]6(CCC(C)(C)C[C@@H]36)[C@@H](O[C@@H]3O[C@@H](CO)[C@@H](O)[C@H](O)[C@H]3O)C[C@]54C)[C@]2(C)CO)[C@H](O[C@@H]2O[C@H](CO)[C@@H](O)[C@H](O)[C@H]2O)[C@@H](O[C@@H]2O[C@H](CO)[C@@H](O)[C@H](O)[C@H]2O)[C@H]1O. The van der Waals surface area contributed by atoms with Crippen LogP contribution in [0.1, 0.15) is 99.8 Å². The molecule has 1 unspecified atom stereocenters. The molecule has 2 bridgehead atoms. The van der Waals surface area contributed by atoms with Gasteiger partial charge in [0.05, 0.1) is 56.9 Å². The topological polar surface area (TPSA) is 366 Å². The molecule has 10 aliphatic rings. The molecule has 4 saturated carbocycles. The van der Waals surface area contributed by atoms with E-state index < -0.39 is 188 Å². The summed E-state index contributed by atoms with van der Waals surface area (Å²) >= 11 is 0. The van der Waals surface area contributed by atoms with E-state index in [2.05, 4.69) is 46.8 Å². The average molecular weight is 1110 g/mol. The van der Waals surface area contributed by atoms with Gasteiger partial charge in [-0.25, -0.2) is 0 Å². The van der Waals surface area contributed by atoms with Gasteiger partial charge in [0.15, 0.2) is 25.2 Å². The molecule has 14 N–H and O–H groups in total. The van der Waals surface area contributed by atoms with Gasteiger partial charge >= 0.3 is 0 Å². The van der Waals surface area contributed by atoms with Crippen LogP contribution >= 0.6 is 0 Å². The highest BCUT2D eigenvalue weighted by molar-refractivity contribution is 5.36. The number of fused-ring (bicyclic) bond motifs is 4. The molecule has 442 valence electrons. The Morgan fingerprint density at radius 1 is 0.506 bits per heavy atom. The third kappa shape index (κ3) is 8.84. The van der Waals surface area contributed by atoms with Gasteiger partial charge in [-0.1, -0.05) is 53.7 Å². The lowest BCUT2D eigenvalue weighted by atomic mass is 9.32. The minimum absolute atomic E-state index is 0.00171. The van der Waals surface area contributed by atoms with Crippen LogP contribution in [0.4, 0.5) is 0 Å². The van der Waals surface area contributed by atoms with E-state index in [0.29, 0.717) is 38.7 Å². The molecule has 10 rings (SSSR count). The van der Waals surface area contributed by atoms with E-state index >= 15 is 0 Å². The molecular formula is C54H88O23. The van der Waals surface area contributed by atoms with Gasteiger partial charge in [0.25, 0.3) is 0 Å². The number of aliphatic hydroxyl groups is 14. The fraction of sp³-hybridized carbons (Fsp3) is 0.963. The molecule has 0 aromatic heterocycles. The Kier molecular flexibility index (Phi) is 16.0. The average Bonchev–Trinajstić information content (AvgIpc) is 3.75. The predicted octanol–water partition coefficient (Wildman–Crippen LogP) is -2.57. The Morgan fingerprint density at radius 2 is 1.03 bits per heavy atom. The predicted molar refractivity (Wildman–Crippen MR) is 262 cm³/mol. The smallest absolute Gasteiger partial charge is 0.187 e. The zero-order chi connectivity index (χ0) is 55.9. The molecule has 23 heteroatoms. The van der Waals surface area contributed by atoms with E-state index in [4.69, 9.17) is 42.6 Å². The number of hydrogen-bond donors (Lipinski definition) is 14. The zero-order valence-electron chi connectivity index (χ0n) is 45.2. The van der Waals surface area contributed by atoms with Crippen molar-refractivity contribution in [2.45, 2.75) is 240 Å². The molecule has 0 amide bonds. The zero-order valence-corrected chi connectivity index (χ0v) is 45.2. The fourth-order valence-electron chi connectivity index (χ4n) is 17.3. The summed E-state index contributed by atoms with van der Waals surface area (Å²) in [5.41, 5.74) is -3.70. The maximum absolute atomic E-state index is 11.8. The van der Waals surface area contributed by atoms with Crippen molar-refractivity contribution < 1.29 is 114 Å². The van der Waals surface area contributed by atoms with Crippen LogP contribution in [0.15, 0.2) is 12.2 Å². The van der Waals surface area contributed by atoms with E-state index in [1.807, 2.05) is 6.92 Å². The van der Waals surface area contributed by atoms with Crippen LogP contribution in [-0.2, 0) is 42.6 Å². The second-order valence-electron chi connectivity index (χ2n) is 26.6. The summed E-state index contributed by atoms with van der Waals surface area (Å²) in [5.74, 6) is -0.280. The Balaban J connectivity index is 0.967. The molecule has 23 nitrogen and oxygen atoms in total. The van der Waals surface area contributed by atoms with E-state index in [1.54, 1.807) is 0 Å². The molecule has 31 atom stereocenters. The van der Waals surface area contributed by atoms with Gasteiger partial charge in [0.1, 0.15) is 91.6 Å². The van der Waals surface area contributed by atoms with Gasteiger partial charge in [0.2, 0.25) is 0 Å². The lowest BCUT2D eigenvalue weighted by molar-refractivity contribution is -0.398. The summed E-state index contributed by atoms with van der Waals surface area (Å²) in [6, 6.07) is 0. The minimum atomic E-state index is -1.92. The van der Waals surface area contributed by atoms with Crippen LogP contribution in [0, 0.1) is 50.2 Å². The summed E-state index contributed by atoms with van der Waals surface area (Å²) in [5, 5.41) is 152. The Morgan fingerprint density at radius 3 is 1.56 bits per heavy atom. The summed E-state index contributed by atoms with van der Waals surface area (Å²) in [7, 11) is 0. The molecule has 0 aromatic rings. The molecule has 5 saturated heterocycles. The number of rotatable bonds is 12. The minimum Gasteiger partial charge on any atom is -0.396 e. The number of ether oxygens (including phenoxy) is 9. The molecular weight excluding hydrogens is 1020 g/mol. The third-order valence-electron chi connectivity index (χ3n) is 22.2. The number of allylic oxidation sites excluding steroid dienone is 1. The van der Waals surface area contributed by atoms with Crippen LogP contribution in [0.3, 0.4) is 0 Å². The second-order valence-corrected chi connectivity index (χ2v) is 26.6. The Hall–Kier alpha value is -1.18. The summed E-state index contributed by atoms with van der Waals surface area (Å²) in [4.78, 5) is 0. The second kappa shape index (κ2) is 20.9. The molecule has 5 aliphatic carbocycles. The highest BCUT2D eigenvalue weighted by Gasteiger charge is 2.80. The van der Waals surface area contributed by atoms with Crippen molar-refractivity contribution in [3.8, 4) is 0 Å². The highest BCUT2D eigenvalue weighted by Crippen LogP contribution is 2.79. The first-order valence-electron chi connectivity index (χ1n) is 28.0. The normalized spacial score (nSPS) is 58.1. The summed E-state index contributed by atoms with van der Waals surface area (Å²) in [6.45, 7) is 12.9. The van der Waals surface area contributed by atoms with Crippen molar-refractivity contribution in [3.05, 3.63) is 12.2 Å². The lowest BCUT2D eigenvalue weighted by Crippen LogP contribution is -2.73. The molecule has 0 radical (unpaired) electrons. The van der Waals surface area contributed by atoms with E-state index in [9.17, 15) is 71.5 Å². The van der Waals surface area contributed by atoms with Crippen LogP contribution in [0.5, 0.6) is 0 Å². The largest absolute Gasteiger partial charge is 0.396 e. The standard InChI is InChI=1S/C54H88O23/c1-23-32(59)42(76-45-40(67)37(64)34(61)25(19-56)72-45)43(77-46-41(68)38(65)35(62)26(20-57)73-46)47(70-23)74-30-10-11-49(4)27(50(30,5)21-58)8-12-51(6)28(49)9-13-54-29-16-48(2,3)14-15-53(29,22-69-54)31(17-52(51,54)7)75-44-39(66)36(63)33(60)24(18-55)71-44/h9,13,23-47,55-68H,8,10-12,14-22H2,1-7H3/t23-,24+,25-,26-,27-,28-,29-,30+,31+,32+,33-,34-,35-,36+,37+,38+,39-,40-,41-,42+,43-,44+,45+,46+,47+,49+,50+,51-,52+,53-,54?/m1/s1. The van der Waals surface area contributed by atoms with Crippen molar-refractivity contribution in [2.24, 2.45) is 50.2 Å². The highest BCUT2D eigenvalue weighted by atomic mass is 16.8. The van der Waals surface area contributed by atoms with Crippen molar-refractivity contribution >= 4 is 0 Å². The van der Waals surface area contributed by atoms with Gasteiger partial charge in [-0.05, 0) is 86.4 Å². The van der Waals surface area contributed by atoms with Crippen molar-refractivity contribution in [1.29, 1.82) is 0 Å². The summed E-state index contributed by atoms with van der Waals surface area (Å²) in [6.07, 6.45) is -23.3. The van der Waals surface area contributed by atoms with Gasteiger partial charge < -0.3 is 114 Å². The summed E-state index contributed by atoms with van der Waals surface area (Å²) < 4.78 is 57.7. The van der Waals surface area contributed by atoms with Crippen LogP contribution < -0.4 is 0 Å². The van der Waals surface area contributed by atoms with Crippen LogP contribution in [0.25, 0.3) is 0 Å². The van der Waals surface area contributed by atoms with E-state index in [-0.39, 0.29) is 29.8 Å². The Bertz CT molecular complexity index is 2120.